The Kier molecular flexibility index (Phi) is 22.3. The number of nitrogens with one attached hydrogen (secondary N) is 1. The number of amides is 2. The Hall–Kier alpha value is -1.10. The zero-order valence-corrected chi connectivity index (χ0v) is 21.9. The van der Waals surface area contributed by atoms with E-state index in [0.29, 0.717) is 13.2 Å². The lowest BCUT2D eigenvalue weighted by atomic mass is 10.1. The lowest BCUT2D eigenvalue weighted by Crippen LogP contribution is -2.49. The number of hydrogen-bond donors (Lipinski definition) is 1. The molecular formula is C27H54N2O3. The molecule has 0 fully saturated rings. The molecule has 0 radical (unpaired) electrons. The van der Waals surface area contributed by atoms with E-state index >= 15 is 0 Å². The Balaban J connectivity index is 4.66. The molecule has 0 aliphatic rings. The van der Waals surface area contributed by atoms with E-state index in [-0.39, 0.29) is 11.8 Å². The predicted molar refractivity (Wildman–Crippen MR) is 136 cm³/mol. The van der Waals surface area contributed by atoms with Crippen molar-refractivity contribution in [2.24, 2.45) is 0 Å². The second kappa shape index (κ2) is 23.1. The minimum absolute atomic E-state index is 0.155. The van der Waals surface area contributed by atoms with Crippen LogP contribution in [0.3, 0.4) is 0 Å². The zero-order chi connectivity index (χ0) is 23.9. The summed E-state index contributed by atoms with van der Waals surface area (Å²) < 4.78 is 5.64. The second-order valence-electron chi connectivity index (χ2n) is 9.05. The van der Waals surface area contributed by atoms with Crippen molar-refractivity contribution in [2.45, 2.75) is 137 Å². The molecule has 0 aliphatic carbocycles. The Morgan fingerprint density at radius 1 is 0.656 bits per heavy atom. The standard InChI is InChI=1S/C27H54N2O3/c1-5-9-12-15-17-19-22-28-26(30)25(32-8-4)27(31)29(23-20-14-11-7-3)24-21-18-16-13-10-6-2/h25H,5-24H2,1-4H3,(H,28,30). The molecule has 0 aromatic rings. The van der Waals surface area contributed by atoms with Gasteiger partial charge >= 0.3 is 0 Å². The third-order valence-electron chi connectivity index (χ3n) is 6.00. The van der Waals surface area contributed by atoms with E-state index in [0.717, 1.165) is 51.6 Å². The van der Waals surface area contributed by atoms with Crippen molar-refractivity contribution in [1.29, 1.82) is 0 Å². The molecule has 1 atom stereocenters. The van der Waals surface area contributed by atoms with Gasteiger partial charge < -0.3 is 15.0 Å². The molecule has 5 nitrogen and oxygen atoms in total. The van der Waals surface area contributed by atoms with Gasteiger partial charge in [0.25, 0.3) is 11.8 Å². The Labute approximate surface area is 199 Å². The van der Waals surface area contributed by atoms with Crippen LogP contribution in [0.2, 0.25) is 0 Å². The molecular weight excluding hydrogens is 400 g/mol. The van der Waals surface area contributed by atoms with Gasteiger partial charge in [-0.25, -0.2) is 0 Å². The third-order valence-corrected chi connectivity index (χ3v) is 6.00. The van der Waals surface area contributed by atoms with Gasteiger partial charge in [0.1, 0.15) is 0 Å². The molecule has 1 unspecified atom stereocenters. The van der Waals surface area contributed by atoms with Gasteiger partial charge in [-0.15, -0.1) is 0 Å². The molecule has 2 amide bonds. The molecule has 0 rings (SSSR count). The maximum absolute atomic E-state index is 13.3. The average molecular weight is 455 g/mol. The normalized spacial score (nSPS) is 12.0. The molecule has 0 aromatic carbocycles. The van der Waals surface area contributed by atoms with Gasteiger partial charge in [0.05, 0.1) is 0 Å². The van der Waals surface area contributed by atoms with E-state index in [1.807, 2.05) is 11.8 Å². The largest absolute Gasteiger partial charge is 0.359 e. The lowest BCUT2D eigenvalue weighted by molar-refractivity contribution is -0.152. The Morgan fingerprint density at radius 3 is 1.59 bits per heavy atom. The minimum atomic E-state index is -1.01. The summed E-state index contributed by atoms with van der Waals surface area (Å²) in [6.07, 6.45) is 17.7. The molecule has 0 bridgehead atoms. The molecule has 0 heterocycles. The summed E-state index contributed by atoms with van der Waals surface area (Å²) in [7, 11) is 0. The first-order valence-corrected chi connectivity index (χ1v) is 13.8. The lowest BCUT2D eigenvalue weighted by Gasteiger charge is -2.27. The number of hydrogen-bond acceptors (Lipinski definition) is 3. The highest BCUT2D eigenvalue weighted by molar-refractivity contribution is 6.03. The fourth-order valence-corrected chi connectivity index (χ4v) is 3.95. The summed E-state index contributed by atoms with van der Waals surface area (Å²) in [5.74, 6) is -0.427. The highest BCUT2D eigenvalue weighted by atomic mass is 16.5. The fourth-order valence-electron chi connectivity index (χ4n) is 3.95. The molecule has 0 saturated carbocycles. The molecule has 0 saturated heterocycles. The number of unbranched alkanes of at least 4 members (excludes halogenated alkanes) is 13. The van der Waals surface area contributed by atoms with Crippen molar-refractivity contribution in [2.75, 3.05) is 26.2 Å². The maximum Gasteiger partial charge on any atom is 0.261 e. The van der Waals surface area contributed by atoms with Gasteiger partial charge in [-0.05, 0) is 26.2 Å². The van der Waals surface area contributed by atoms with E-state index in [2.05, 4.69) is 26.1 Å². The van der Waals surface area contributed by atoms with E-state index in [1.54, 1.807) is 0 Å². The van der Waals surface area contributed by atoms with Gasteiger partial charge in [0, 0.05) is 26.2 Å². The monoisotopic (exact) mass is 454 g/mol. The molecule has 1 N–H and O–H groups in total. The molecule has 32 heavy (non-hydrogen) atoms. The minimum Gasteiger partial charge on any atom is -0.359 e. The highest BCUT2D eigenvalue weighted by Gasteiger charge is 2.30. The summed E-state index contributed by atoms with van der Waals surface area (Å²) >= 11 is 0. The van der Waals surface area contributed by atoms with Gasteiger partial charge in [-0.1, -0.05) is 104 Å². The van der Waals surface area contributed by atoms with Crippen LogP contribution in [0.15, 0.2) is 0 Å². The first-order chi connectivity index (χ1) is 15.6. The topological polar surface area (TPSA) is 58.6 Å². The summed E-state index contributed by atoms with van der Waals surface area (Å²) in [5, 5.41) is 2.95. The van der Waals surface area contributed by atoms with Gasteiger partial charge in [0.15, 0.2) is 0 Å². The summed E-state index contributed by atoms with van der Waals surface area (Å²) in [4.78, 5) is 27.9. The van der Waals surface area contributed by atoms with Gasteiger partial charge in [0.2, 0.25) is 6.10 Å². The number of carbonyl (C=O) groups is 2. The van der Waals surface area contributed by atoms with E-state index in [9.17, 15) is 9.59 Å². The highest BCUT2D eigenvalue weighted by Crippen LogP contribution is 2.11. The van der Waals surface area contributed by atoms with Crippen LogP contribution in [0.1, 0.15) is 130 Å². The van der Waals surface area contributed by atoms with E-state index in [4.69, 9.17) is 4.74 Å². The van der Waals surface area contributed by atoms with Crippen LogP contribution in [0, 0.1) is 0 Å². The van der Waals surface area contributed by atoms with Gasteiger partial charge in [-0.3, -0.25) is 9.59 Å². The van der Waals surface area contributed by atoms with E-state index < -0.39 is 6.10 Å². The summed E-state index contributed by atoms with van der Waals surface area (Å²) in [5.41, 5.74) is 0. The van der Waals surface area contributed by atoms with Crippen molar-refractivity contribution in [3.05, 3.63) is 0 Å². The summed E-state index contributed by atoms with van der Waals surface area (Å²) in [6, 6.07) is 0. The first-order valence-electron chi connectivity index (χ1n) is 13.8. The van der Waals surface area contributed by atoms with Crippen LogP contribution in [0.5, 0.6) is 0 Å². The second-order valence-corrected chi connectivity index (χ2v) is 9.05. The molecule has 5 heteroatoms. The maximum atomic E-state index is 13.3. The molecule has 0 aromatic heterocycles. The molecule has 0 spiro atoms. The average Bonchev–Trinajstić information content (AvgIpc) is 2.79. The van der Waals surface area contributed by atoms with Crippen LogP contribution in [0.25, 0.3) is 0 Å². The van der Waals surface area contributed by atoms with E-state index in [1.165, 1.54) is 64.2 Å². The fraction of sp³-hybridized carbons (Fsp3) is 0.926. The van der Waals surface area contributed by atoms with Crippen molar-refractivity contribution < 1.29 is 14.3 Å². The zero-order valence-electron chi connectivity index (χ0n) is 21.9. The number of nitrogens with zero attached hydrogens (tertiary/aromatic N) is 1. The molecule has 0 aliphatic heterocycles. The number of ether oxygens (including phenoxy) is 1. The Bertz CT molecular complexity index is 443. The van der Waals surface area contributed by atoms with Crippen molar-refractivity contribution >= 4 is 11.8 Å². The van der Waals surface area contributed by atoms with Crippen LogP contribution >= 0.6 is 0 Å². The van der Waals surface area contributed by atoms with Gasteiger partial charge in [-0.2, -0.15) is 0 Å². The quantitative estimate of drug-likeness (QED) is 0.139. The van der Waals surface area contributed by atoms with Crippen LogP contribution in [-0.4, -0.2) is 49.1 Å². The van der Waals surface area contributed by atoms with Crippen molar-refractivity contribution in [1.82, 2.24) is 10.2 Å². The van der Waals surface area contributed by atoms with Crippen LogP contribution in [-0.2, 0) is 14.3 Å². The SMILES string of the molecule is CCCCCCCCNC(=O)C(OCC)C(=O)N(CCCCCC)CCCCCCCC. The summed E-state index contributed by atoms with van der Waals surface area (Å²) in [6.45, 7) is 10.9. The first kappa shape index (κ1) is 30.9. The smallest absolute Gasteiger partial charge is 0.261 e. The van der Waals surface area contributed by atoms with Crippen LogP contribution in [0.4, 0.5) is 0 Å². The predicted octanol–water partition coefficient (Wildman–Crippen LogP) is 6.64. The van der Waals surface area contributed by atoms with Crippen LogP contribution < -0.4 is 5.32 Å². The Morgan fingerprint density at radius 2 is 1.09 bits per heavy atom. The van der Waals surface area contributed by atoms with Crippen molar-refractivity contribution in [3.8, 4) is 0 Å². The van der Waals surface area contributed by atoms with Crippen molar-refractivity contribution in [3.63, 3.8) is 0 Å². The third kappa shape index (κ3) is 16.5. The molecule has 190 valence electrons. The number of carbonyl (C=O) groups excluding carboxylic acids is 2. The number of rotatable bonds is 23.